The maximum atomic E-state index is 12.8. The van der Waals surface area contributed by atoms with Crippen molar-refractivity contribution in [2.45, 2.75) is 32.5 Å². The molecule has 0 bridgehead atoms. The van der Waals surface area contributed by atoms with E-state index in [1.165, 1.54) is 0 Å². The molecule has 0 fully saturated rings. The van der Waals surface area contributed by atoms with Crippen LogP contribution in [0, 0.1) is 0 Å². The SMILES string of the molecule is CC(C)N1C(=O)c2ccccc2[C@H]1Nc1ccc(C(=O)NCCc2ccc(Cl)cc2Cl)cc1. The van der Waals surface area contributed by atoms with Gasteiger partial charge in [0.2, 0.25) is 0 Å². The fourth-order valence-corrected chi connectivity index (χ4v) is 4.53. The van der Waals surface area contributed by atoms with Crippen molar-refractivity contribution in [2.24, 2.45) is 0 Å². The molecule has 2 amide bonds. The first-order valence-corrected chi connectivity index (χ1v) is 11.6. The molecule has 2 N–H and O–H groups in total. The van der Waals surface area contributed by atoms with Crippen molar-refractivity contribution in [1.29, 1.82) is 0 Å². The van der Waals surface area contributed by atoms with E-state index in [1.807, 2.05) is 61.2 Å². The molecule has 7 heteroatoms. The quantitative estimate of drug-likeness (QED) is 0.438. The minimum Gasteiger partial charge on any atom is -0.361 e. The molecule has 1 heterocycles. The van der Waals surface area contributed by atoms with Crippen LogP contribution in [0.2, 0.25) is 10.0 Å². The fourth-order valence-electron chi connectivity index (χ4n) is 4.03. The molecule has 3 aromatic rings. The summed E-state index contributed by atoms with van der Waals surface area (Å²) in [4.78, 5) is 27.2. The van der Waals surface area contributed by atoms with Gasteiger partial charge in [-0.2, -0.15) is 0 Å². The Kier molecular flexibility index (Phi) is 6.91. The predicted octanol–water partition coefficient (Wildman–Crippen LogP) is 5.94. The van der Waals surface area contributed by atoms with Crippen molar-refractivity contribution in [3.05, 3.63) is 99.0 Å². The summed E-state index contributed by atoms with van der Waals surface area (Å²) in [5, 5.41) is 7.55. The first-order chi connectivity index (χ1) is 15.8. The lowest BCUT2D eigenvalue weighted by Gasteiger charge is -2.30. The van der Waals surface area contributed by atoms with Gasteiger partial charge in [0.05, 0.1) is 0 Å². The smallest absolute Gasteiger partial charge is 0.256 e. The fraction of sp³-hybridized carbons (Fsp3) is 0.231. The van der Waals surface area contributed by atoms with Crippen molar-refractivity contribution in [1.82, 2.24) is 10.2 Å². The number of fused-ring (bicyclic) bond motifs is 1. The van der Waals surface area contributed by atoms with E-state index in [2.05, 4.69) is 10.6 Å². The van der Waals surface area contributed by atoms with Crippen molar-refractivity contribution in [3.8, 4) is 0 Å². The maximum absolute atomic E-state index is 12.8. The molecule has 4 rings (SSSR count). The molecule has 0 radical (unpaired) electrons. The normalized spacial score (nSPS) is 15.0. The number of anilines is 1. The Morgan fingerprint density at radius 2 is 1.76 bits per heavy atom. The van der Waals surface area contributed by atoms with Crippen LogP contribution in [0.15, 0.2) is 66.7 Å². The van der Waals surface area contributed by atoms with Gasteiger partial charge in [0, 0.05) is 45.0 Å². The Balaban J connectivity index is 1.39. The molecule has 1 aliphatic heterocycles. The van der Waals surface area contributed by atoms with Gasteiger partial charge >= 0.3 is 0 Å². The summed E-state index contributed by atoms with van der Waals surface area (Å²) < 4.78 is 0. The number of nitrogens with one attached hydrogen (secondary N) is 2. The summed E-state index contributed by atoms with van der Waals surface area (Å²) in [6, 6.07) is 20.3. The number of carbonyl (C=O) groups is 2. The average Bonchev–Trinajstić information content (AvgIpc) is 3.07. The summed E-state index contributed by atoms with van der Waals surface area (Å²) in [5.74, 6) is -0.133. The van der Waals surface area contributed by atoms with Gasteiger partial charge < -0.3 is 15.5 Å². The standard InChI is InChI=1S/C26H25Cl2N3O2/c1-16(2)31-24(21-5-3-4-6-22(21)26(31)33)30-20-11-8-18(9-12-20)25(32)29-14-13-17-7-10-19(27)15-23(17)28/h3-12,15-16,24,30H,13-14H2,1-2H3,(H,29,32)/t24-/m0/s1. The zero-order chi connectivity index (χ0) is 23.5. The largest absolute Gasteiger partial charge is 0.361 e. The first kappa shape index (κ1) is 23.1. The van der Waals surface area contributed by atoms with Crippen molar-refractivity contribution in [3.63, 3.8) is 0 Å². The van der Waals surface area contributed by atoms with E-state index < -0.39 is 0 Å². The Hall–Kier alpha value is -3.02. The molecule has 0 aliphatic carbocycles. The molecular formula is C26H25Cl2N3O2. The van der Waals surface area contributed by atoms with E-state index in [4.69, 9.17) is 23.2 Å². The molecule has 33 heavy (non-hydrogen) atoms. The Labute approximate surface area is 203 Å². The van der Waals surface area contributed by atoms with Crippen LogP contribution in [-0.4, -0.2) is 29.3 Å². The molecule has 0 spiro atoms. The van der Waals surface area contributed by atoms with E-state index in [0.29, 0.717) is 28.6 Å². The average molecular weight is 482 g/mol. The lowest BCUT2D eigenvalue weighted by atomic mass is 10.1. The number of nitrogens with zero attached hydrogens (tertiary/aromatic N) is 1. The first-order valence-electron chi connectivity index (χ1n) is 10.9. The highest BCUT2D eigenvalue weighted by Gasteiger charge is 2.37. The van der Waals surface area contributed by atoms with Gasteiger partial charge in [-0.3, -0.25) is 9.59 Å². The van der Waals surface area contributed by atoms with E-state index in [-0.39, 0.29) is 24.0 Å². The third-order valence-corrected chi connectivity index (χ3v) is 6.29. The summed E-state index contributed by atoms with van der Waals surface area (Å²) in [6.07, 6.45) is 0.360. The summed E-state index contributed by atoms with van der Waals surface area (Å²) in [6.45, 7) is 4.47. The summed E-state index contributed by atoms with van der Waals surface area (Å²) in [7, 11) is 0. The van der Waals surface area contributed by atoms with Crippen LogP contribution in [0.25, 0.3) is 0 Å². The number of halogens is 2. The molecular weight excluding hydrogens is 457 g/mol. The molecule has 0 saturated carbocycles. The van der Waals surface area contributed by atoms with Crippen LogP contribution in [0.4, 0.5) is 5.69 Å². The minimum absolute atomic E-state index is 0.0230. The molecule has 0 unspecified atom stereocenters. The number of benzene rings is 3. The zero-order valence-corrected chi connectivity index (χ0v) is 20.0. The molecule has 0 saturated heterocycles. The lowest BCUT2D eigenvalue weighted by Crippen LogP contribution is -2.37. The van der Waals surface area contributed by atoms with Crippen LogP contribution in [0.5, 0.6) is 0 Å². The van der Waals surface area contributed by atoms with Gasteiger partial charge in [-0.1, -0.05) is 47.5 Å². The van der Waals surface area contributed by atoms with Gasteiger partial charge in [0.1, 0.15) is 6.17 Å². The van der Waals surface area contributed by atoms with E-state index in [0.717, 1.165) is 22.4 Å². The molecule has 3 aromatic carbocycles. The van der Waals surface area contributed by atoms with E-state index >= 15 is 0 Å². The van der Waals surface area contributed by atoms with Crippen molar-refractivity contribution >= 4 is 40.7 Å². The van der Waals surface area contributed by atoms with E-state index in [9.17, 15) is 9.59 Å². The molecule has 1 aliphatic rings. The monoisotopic (exact) mass is 481 g/mol. The Morgan fingerprint density at radius 3 is 2.45 bits per heavy atom. The minimum atomic E-state index is -0.252. The maximum Gasteiger partial charge on any atom is 0.256 e. The zero-order valence-electron chi connectivity index (χ0n) is 18.4. The van der Waals surface area contributed by atoms with Gasteiger partial charge in [-0.25, -0.2) is 0 Å². The molecule has 0 aromatic heterocycles. The highest BCUT2D eigenvalue weighted by molar-refractivity contribution is 6.35. The highest BCUT2D eigenvalue weighted by Crippen LogP contribution is 2.35. The second kappa shape index (κ2) is 9.86. The third kappa shape index (κ3) is 5.00. The summed E-state index contributed by atoms with van der Waals surface area (Å²) >= 11 is 12.1. The van der Waals surface area contributed by atoms with Gasteiger partial charge in [0.15, 0.2) is 0 Å². The van der Waals surface area contributed by atoms with Crippen LogP contribution >= 0.6 is 23.2 Å². The van der Waals surface area contributed by atoms with Gasteiger partial charge in [-0.05, 0) is 68.3 Å². The predicted molar refractivity (Wildman–Crippen MR) is 133 cm³/mol. The topological polar surface area (TPSA) is 61.4 Å². The highest BCUT2D eigenvalue weighted by atomic mass is 35.5. The molecule has 5 nitrogen and oxygen atoms in total. The molecule has 1 atom stereocenters. The van der Waals surface area contributed by atoms with Crippen LogP contribution in [0.1, 0.15) is 51.9 Å². The number of hydrogen-bond acceptors (Lipinski definition) is 3. The number of hydrogen-bond donors (Lipinski definition) is 2. The lowest BCUT2D eigenvalue weighted by molar-refractivity contribution is 0.0685. The van der Waals surface area contributed by atoms with Gasteiger partial charge in [0.25, 0.3) is 11.8 Å². The number of carbonyl (C=O) groups excluding carboxylic acids is 2. The number of rotatable bonds is 7. The summed E-state index contributed by atoms with van der Waals surface area (Å²) in [5.41, 5.74) is 4.01. The van der Waals surface area contributed by atoms with Crippen LogP contribution in [0.3, 0.4) is 0 Å². The van der Waals surface area contributed by atoms with E-state index in [1.54, 1.807) is 24.3 Å². The third-order valence-electron chi connectivity index (χ3n) is 5.70. The van der Waals surface area contributed by atoms with Gasteiger partial charge in [-0.15, -0.1) is 0 Å². The van der Waals surface area contributed by atoms with Crippen LogP contribution in [-0.2, 0) is 6.42 Å². The van der Waals surface area contributed by atoms with Crippen molar-refractivity contribution in [2.75, 3.05) is 11.9 Å². The second-order valence-electron chi connectivity index (χ2n) is 8.26. The van der Waals surface area contributed by atoms with Crippen LogP contribution < -0.4 is 10.6 Å². The Morgan fingerprint density at radius 1 is 1.03 bits per heavy atom. The Bertz CT molecular complexity index is 1180. The number of amides is 2. The molecule has 170 valence electrons. The van der Waals surface area contributed by atoms with Crippen molar-refractivity contribution < 1.29 is 9.59 Å². The second-order valence-corrected chi connectivity index (χ2v) is 9.10.